The molecule has 0 saturated heterocycles. The Morgan fingerprint density at radius 1 is 1.00 bits per heavy atom. The van der Waals surface area contributed by atoms with E-state index < -0.39 is 0 Å². The molecule has 1 aromatic carbocycles. The summed E-state index contributed by atoms with van der Waals surface area (Å²) in [7, 11) is 0. The van der Waals surface area contributed by atoms with Crippen molar-refractivity contribution in [1.29, 1.82) is 0 Å². The summed E-state index contributed by atoms with van der Waals surface area (Å²) < 4.78 is 5.14. The Bertz CT molecular complexity index is 756. The van der Waals surface area contributed by atoms with E-state index in [1.54, 1.807) is 37.3 Å². The van der Waals surface area contributed by atoms with Gasteiger partial charge in [-0.1, -0.05) is 19.3 Å². The van der Waals surface area contributed by atoms with Gasteiger partial charge in [0.05, 0.1) is 11.8 Å². The molecule has 1 saturated carbocycles. The Hall–Kier alpha value is -2.56. The van der Waals surface area contributed by atoms with Gasteiger partial charge < -0.3 is 15.1 Å². The van der Waals surface area contributed by atoms with E-state index in [2.05, 4.69) is 17.6 Å². The van der Waals surface area contributed by atoms with Crippen molar-refractivity contribution in [3.63, 3.8) is 0 Å². The number of benzene rings is 1. The highest BCUT2D eigenvalue weighted by atomic mass is 16.3. The lowest BCUT2D eigenvalue weighted by atomic mass is 9.83. The van der Waals surface area contributed by atoms with Crippen LogP contribution in [-0.4, -0.2) is 17.4 Å². The molecule has 0 unspecified atom stereocenters. The fraction of sp³-hybridized carbons (Fsp3) is 0.400. The summed E-state index contributed by atoms with van der Waals surface area (Å²) in [4.78, 5) is 24.6. The predicted molar refractivity (Wildman–Crippen MR) is 96.8 cm³/mol. The van der Waals surface area contributed by atoms with Crippen LogP contribution < -0.4 is 10.6 Å². The second-order valence-corrected chi connectivity index (χ2v) is 7.00. The van der Waals surface area contributed by atoms with Gasteiger partial charge in [0, 0.05) is 16.8 Å². The number of nitrogens with one attached hydrogen (secondary N) is 2. The van der Waals surface area contributed by atoms with Gasteiger partial charge >= 0.3 is 0 Å². The molecule has 2 aromatic rings. The molecule has 1 heterocycles. The van der Waals surface area contributed by atoms with E-state index in [1.807, 2.05) is 0 Å². The number of anilines is 1. The molecule has 5 heteroatoms. The largest absolute Gasteiger partial charge is 0.469 e. The van der Waals surface area contributed by atoms with E-state index in [4.69, 9.17) is 4.42 Å². The Morgan fingerprint density at radius 2 is 1.68 bits per heavy atom. The minimum Gasteiger partial charge on any atom is -0.469 e. The van der Waals surface area contributed by atoms with Crippen LogP contribution in [0.25, 0.3) is 0 Å². The highest BCUT2D eigenvalue weighted by molar-refractivity contribution is 6.05. The van der Waals surface area contributed by atoms with Gasteiger partial charge in [-0.2, -0.15) is 0 Å². The van der Waals surface area contributed by atoms with Crippen molar-refractivity contribution in [3.8, 4) is 0 Å². The lowest BCUT2D eigenvalue weighted by Crippen LogP contribution is -2.47. The minimum absolute atomic E-state index is 0.0621. The molecule has 0 aliphatic heterocycles. The molecular weight excluding hydrogens is 316 g/mol. The quantitative estimate of drug-likeness (QED) is 0.872. The van der Waals surface area contributed by atoms with Gasteiger partial charge in [0.2, 0.25) is 0 Å². The Balaban J connectivity index is 1.62. The molecule has 0 spiro atoms. The van der Waals surface area contributed by atoms with Crippen molar-refractivity contribution in [3.05, 3.63) is 53.5 Å². The van der Waals surface area contributed by atoms with Gasteiger partial charge in [-0.3, -0.25) is 9.59 Å². The van der Waals surface area contributed by atoms with Gasteiger partial charge in [-0.25, -0.2) is 0 Å². The van der Waals surface area contributed by atoms with Crippen molar-refractivity contribution >= 4 is 17.5 Å². The number of carbonyl (C=O) groups is 2. The molecule has 0 atom stereocenters. The zero-order chi connectivity index (χ0) is 17.9. The molecule has 2 N–H and O–H groups in total. The summed E-state index contributed by atoms with van der Waals surface area (Å²) in [5, 5.41) is 5.97. The van der Waals surface area contributed by atoms with Crippen molar-refractivity contribution in [2.75, 3.05) is 5.32 Å². The Morgan fingerprint density at radius 3 is 2.28 bits per heavy atom. The molecule has 1 aliphatic rings. The Kier molecular flexibility index (Phi) is 4.93. The number of hydrogen-bond acceptors (Lipinski definition) is 3. The fourth-order valence-electron chi connectivity index (χ4n) is 3.33. The lowest BCUT2D eigenvalue weighted by molar-refractivity contribution is 0.0882. The first-order valence-electron chi connectivity index (χ1n) is 8.75. The zero-order valence-corrected chi connectivity index (χ0v) is 14.7. The number of amides is 2. The maximum absolute atomic E-state index is 12.5. The van der Waals surface area contributed by atoms with E-state index in [-0.39, 0.29) is 17.4 Å². The van der Waals surface area contributed by atoms with Crippen molar-refractivity contribution < 1.29 is 14.0 Å². The number of hydrogen-bond donors (Lipinski definition) is 2. The van der Waals surface area contributed by atoms with Crippen molar-refractivity contribution in [2.45, 2.75) is 51.5 Å². The second kappa shape index (κ2) is 7.13. The van der Waals surface area contributed by atoms with E-state index in [9.17, 15) is 9.59 Å². The third-order valence-corrected chi connectivity index (χ3v) is 4.88. The number of carbonyl (C=O) groups excluding carboxylic acids is 2. The summed E-state index contributed by atoms with van der Waals surface area (Å²) in [6, 6.07) is 8.59. The first-order chi connectivity index (χ1) is 12.0. The van der Waals surface area contributed by atoms with Crippen LogP contribution in [0.15, 0.2) is 41.0 Å². The maximum Gasteiger partial charge on any atom is 0.259 e. The normalized spacial score (nSPS) is 16.2. The van der Waals surface area contributed by atoms with Crippen LogP contribution in [0.5, 0.6) is 0 Å². The average Bonchev–Trinajstić information content (AvgIpc) is 3.02. The van der Waals surface area contributed by atoms with Gasteiger partial charge in [-0.05, 0) is 57.0 Å². The summed E-state index contributed by atoms with van der Waals surface area (Å²) >= 11 is 0. The Labute approximate surface area is 147 Å². The minimum atomic E-state index is -0.224. The number of furan rings is 1. The van der Waals surface area contributed by atoms with Crippen LogP contribution in [-0.2, 0) is 0 Å². The van der Waals surface area contributed by atoms with Gasteiger partial charge in [-0.15, -0.1) is 0 Å². The third-order valence-electron chi connectivity index (χ3n) is 4.88. The molecule has 1 fully saturated rings. The van der Waals surface area contributed by atoms with Crippen LogP contribution in [0.3, 0.4) is 0 Å². The summed E-state index contributed by atoms with van der Waals surface area (Å²) in [6.07, 6.45) is 7.11. The lowest BCUT2D eigenvalue weighted by Gasteiger charge is -2.34. The number of rotatable bonds is 4. The van der Waals surface area contributed by atoms with Gasteiger partial charge in [0.15, 0.2) is 0 Å². The maximum atomic E-state index is 12.5. The van der Waals surface area contributed by atoms with E-state index in [0.717, 1.165) is 25.7 Å². The predicted octanol–water partition coefficient (Wildman–Crippen LogP) is 4.29. The molecule has 1 aromatic heterocycles. The van der Waals surface area contributed by atoms with E-state index in [1.165, 1.54) is 12.7 Å². The third kappa shape index (κ3) is 4.10. The molecule has 0 radical (unpaired) electrons. The highest BCUT2D eigenvalue weighted by Gasteiger charge is 2.28. The standard InChI is InChI=1S/C20H24N2O3/c1-14-17(10-13-25-14)19(24)21-16-8-6-15(7-9-16)18(23)22-20(2)11-4-3-5-12-20/h6-10,13H,3-5,11-12H2,1-2H3,(H,21,24)(H,22,23). The highest BCUT2D eigenvalue weighted by Crippen LogP contribution is 2.28. The number of aryl methyl sites for hydroxylation is 1. The van der Waals surface area contributed by atoms with E-state index in [0.29, 0.717) is 22.6 Å². The van der Waals surface area contributed by atoms with Crippen LogP contribution >= 0.6 is 0 Å². The summed E-state index contributed by atoms with van der Waals surface area (Å²) in [5.74, 6) is 0.292. The molecule has 0 bridgehead atoms. The van der Waals surface area contributed by atoms with Crippen LogP contribution in [0.1, 0.15) is 65.5 Å². The van der Waals surface area contributed by atoms with E-state index >= 15 is 0 Å². The summed E-state index contributed by atoms with van der Waals surface area (Å²) in [6.45, 7) is 3.86. The average molecular weight is 340 g/mol. The van der Waals surface area contributed by atoms with Crippen molar-refractivity contribution in [1.82, 2.24) is 5.32 Å². The SMILES string of the molecule is Cc1occc1C(=O)Nc1ccc(C(=O)NC2(C)CCCCC2)cc1. The molecule has 2 amide bonds. The fourth-order valence-corrected chi connectivity index (χ4v) is 3.33. The van der Waals surface area contributed by atoms with Crippen LogP contribution in [0, 0.1) is 6.92 Å². The van der Waals surface area contributed by atoms with Crippen molar-refractivity contribution in [2.24, 2.45) is 0 Å². The van der Waals surface area contributed by atoms with Crippen LogP contribution in [0.2, 0.25) is 0 Å². The van der Waals surface area contributed by atoms with Gasteiger partial charge in [0.25, 0.3) is 11.8 Å². The monoisotopic (exact) mass is 340 g/mol. The topological polar surface area (TPSA) is 71.3 Å². The molecule has 5 nitrogen and oxygen atoms in total. The van der Waals surface area contributed by atoms with Gasteiger partial charge in [0.1, 0.15) is 5.76 Å². The molecule has 3 rings (SSSR count). The molecule has 1 aliphatic carbocycles. The molecule has 25 heavy (non-hydrogen) atoms. The zero-order valence-electron chi connectivity index (χ0n) is 14.7. The second-order valence-electron chi connectivity index (χ2n) is 7.00. The molecular formula is C20H24N2O3. The first-order valence-corrected chi connectivity index (χ1v) is 8.75. The molecule has 132 valence electrons. The smallest absolute Gasteiger partial charge is 0.259 e. The van der Waals surface area contributed by atoms with Crippen LogP contribution in [0.4, 0.5) is 5.69 Å². The summed E-state index contributed by atoms with van der Waals surface area (Å²) in [5.41, 5.74) is 1.64. The first kappa shape index (κ1) is 17.3.